The van der Waals surface area contributed by atoms with Gasteiger partial charge in [-0.25, -0.2) is 0 Å². The predicted octanol–water partition coefficient (Wildman–Crippen LogP) is 0.717. The smallest absolute Gasteiger partial charge is 0.242 e. The van der Waals surface area contributed by atoms with Gasteiger partial charge in [-0.15, -0.1) is 0 Å². The number of carbonyl (C=O) groups is 2. The summed E-state index contributed by atoms with van der Waals surface area (Å²) in [7, 11) is 0. The molecule has 5 heteroatoms. The molecule has 0 aromatic heterocycles. The fourth-order valence-electron chi connectivity index (χ4n) is 2.71. The van der Waals surface area contributed by atoms with Crippen LogP contribution < -0.4 is 5.32 Å². The highest BCUT2D eigenvalue weighted by Gasteiger charge is 2.32. The van der Waals surface area contributed by atoms with E-state index < -0.39 is 6.10 Å². The molecule has 2 amide bonds. The van der Waals surface area contributed by atoms with Gasteiger partial charge in [0, 0.05) is 26.4 Å². The molecule has 0 radical (unpaired) electrons. The summed E-state index contributed by atoms with van der Waals surface area (Å²) in [6, 6.07) is 9.27. The summed E-state index contributed by atoms with van der Waals surface area (Å²) in [6.45, 7) is 2.33. The number of hydrogen-bond acceptors (Lipinski definition) is 3. The lowest BCUT2D eigenvalue weighted by Crippen LogP contribution is -2.47. The van der Waals surface area contributed by atoms with E-state index in [-0.39, 0.29) is 24.4 Å². The first-order chi connectivity index (χ1) is 10.1. The molecule has 0 bridgehead atoms. The third kappa shape index (κ3) is 4.29. The Morgan fingerprint density at radius 3 is 2.76 bits per heavy atom. The topological polar surface area (TPSA) is 69.6 Å². The lowest BCUT2D eigenvalue weighted by molar-refractivity contribution is -0.137. The van der Waals surface area contributed by atoms with Crippen molar-refractivity contribution in [1.29, 1.82) is 0 Å². The van der Waals surface area contributed by atoms with Gasteiger partial charge < -0.3 is 15.3 Å². The molecule has 2 unspecified atom stereocenters. The van der Waals surface area contributed by atoms with E-state index in [0.29, 0.717) is 19.4 Å². The zero-order valence-electron chi connectivity index (χ0n) is 12.3. The van der Waals surface area contributed by atoms with Crippen molar-refractivity contribution in [2.24, 2.45) is 0 Å². The molecule has 0 saturated carbocycles. The quantitative estimate of drug-likeness (QED) is 0.839. The summed E-state index contributed by atoms with van der Waals surface area (Å²) in [6.07, 6.45) is 1.43. The molecule has 114 valence electrons. The van der Waals surface area contributed by atoms with Crippen LogP contribution in [0.1, 0.15) is 25.3 Å². The normalized spacial score (nSPS) is 19.3. The molecular weight excluding hydrogens is 268 g/mol. The summed E-state index contributed by atoms with van der Waals surface area (Å²) in [5.74, 6) is -0.243. The Morgan fingerprint density at radius 2 is 2.10 bits per heavy atom. The van der Waals surface area contributed by atoms with Crippen molar-refractivity contribution in [1.82, 2.24) is 10.2 Å². The van der Waals surface area contributed by atoms with Crippen LogP contribution in [-0.2, 0) is 16.0 Å². The van der Waals surface area contributed by atoms with Crippen LogP contribution >= 0.6 is 0 Å². The van der Waals surface area contributed by atoms with E-state index in [0.717, 1.165) is 12.0 Å². The lowest BCUT2D eigenvalue weighted by Gasteiger charge is -2.23. The average Bonchev–Trinajstić information content (AvgIpc) is 2.95. The first-order valence-corrected chi connectivity index (χ1v) is 7.35. The van der Waals surface area contributed by atoms with Crippen molar-refractivity contribution in [3.8, 4) is 0 Å². The van der Waals surface area contributed by atoms with Crippen molar-refractivity contribution >= 4 is 11.8 Å². The molecule has 1 aliphatic rings. The SMILES string of the molecule is CC(=O)N1CCCC1C(=O)NCC(O)Cc1ccccc1. The Hall–Kier alpha value is -1.88. The molecule has 0 aliphatic carbocycles. The second-order valence-electron chi connectivity index (χ2n) is 5.46. The molecule has 1 aliphatic heterocycles. The highest BCUT2D eigenvalue weighted by molar-refractivity contribution is 5.87. The minimum atomic E-state index is -0.622. The maximum Gasteiger partial charge on any atom is 0.242 e. The molecule has 1 saturated heterocycles. The minimum Gasteiger partial charge on any atom is -0.391 e. The molecule has 1 fully saturated rings. The van der Waals surface area contributed by atoms with E-state index in [2.05, 4.69) is 5.32 Å². The van der Waals surface area contributed by atoms with Crippen molar-refractivity contribution in [2.75, 3.05) is 13.1 Å². The van der Waals surface area contributed by atoms with Crippen LogP contribution in [0.15, 0.2) is 30.3 Å². The van der Waals surface area contributed by atoms with Gasteiger partial charge in [0.25, 0.3) is 0 Å². The van der Waals surface area contributed by atoms with E-state index >= 15 is 0 Å². The first-order valence-electron chi connectivity index (χ1n) is 7.35. The molecule has 21 heavy (non-hydrogen) atoms. The van der Waals surface area contributed by atoms with Gasteiger partial charge in [0.05, 0.1) is 6.10 Å². The number of benzene rings is 1. The van der Waals surface area contributed by atoms with Crippen LogP contribution in [0.2, 0.25) is 0 Å². The van der Waals surface area contributed by atoms with Crippen LogP contribution in [0.5, 0.6) is 0 Å². The Morgan fingerprint density at radius 1 is 1.38 bits per heavy atom. The van der Waals surface area contributed by atoms with Crippen molar-refractivity contribution in [3.05, 3.63) is 35.9 Å². The molecule has 5 nitrogen and oxygen atoms in total. The van der Waals surface area contributed by atoms with Gasteiger partial charge in [-0.2, -0.15) is 0 Å². The van der Waals surface area contributed by atoms with E-state index in [1.807, 2.05) is 30.3 Å². The molecule has 2 N–H and O–H groups in total. The largest absolute Gasteiger partial charge is 0.391 e. The second-order valence-corrected chi connectivity index (χ2v) is 5.46. The van der Waals surface area contributed by atoms with Crippen LogP contribution in [-0.4, -0.2) is 47.1 Å². The Bertz CT molecular complexity index is 490. The van der Waals surface area contributed by atoms with Gasteiger partial charge in [-0.1, -0.05) is 30.3 Å². The number of amides is 2. The zero-order valence-corrected chi connectivity index (χ0v) is 12.3. The summed E-state index contributed by atoms with van der Waals surface area (Å²) in [5.41, 5.74) is 1.03. The van der Waals surface area contributed by atoms with Crippen LogP contribution in [0.3, 0.4) is 0 Å². The summed E-state index contributed by atoms with van der Waals surface area (Å²) in [5, 5.41) is 12.7. The summed E-state index contributed by atoms with van der Waals surface area (Å²) in [4.78, 5) is 25.1. The fourth-order valence-corrected chi connectivity index (χ4v) is 2.71. The first kappa shape index (κ1) is 15.5. The molecule has 1 aromatic carbocycles. The monoisotopic (exact) mass is 290 g/mol. The van der Waals surface area contributed by atoms with E-state index in [1.54, 1.807) is 4.90 Å². The minimum absolute atomic E-state index is 0.0718. The van der Waals surface area contributed by atoms with E-state index in [9.17, 15) is 14.7 Å². The second kappa shape index (κ2) is 7.22. The van der Waals surface area contributed by atoms with E-state index in [1.165, 1.54) is 6.92 Å². The number of aliphatic hydroxyl groups excluding tert-OH is 1. The van der Waals surface area contributed by atoms with Crippen LogP contribution in [0.25, 0.3) is 0 Å². The van der Waals surface area contributed by atoms with Crippen LogP contribution in [0, 0.1) is 0 Å². The molecule has 2 rings (SSSR count). The third-order valence-corrected chi connectivity index (χ3v) is 3.79. The molecule has 1 aromatic rings. The zero-order chi connectivity index (χ0) is 15.2. The van der Waals surface area contributed by atoms with Crippen molar-refractivity contribution < 1.29 is 14.7 Å². The van der Waals surface area contributed by atoms with Crippen LogP contribution in [0.4, 0.5) is 0 Å². The number of rotatable bonds is 5. The van der Waals surface area contributed by atoms with Gasteiger partial charge in [-0.05, 0) is 18.4 Å². The van der Waals surface area contributed by atoms with Gasteiger partial charge in [0.1, 0.15) is 6.04 Å². The number of aliphatic hydroxyl groups is 1. The number of nitrogens with zero attached hydrogens (tertiary/aromatic N) is 1. The molecule has 0 spiro atoms. The molecule has 1 heterocycles. The fraction of sp³-hybridized carbons (Fsp3) is 0.500. The van der Waals surface area contributed by atoms with Gasteiger partial charge in [0.15, 0.2) is 0 Å². The van der Waals surface area contributed by atoms with Crippen molar-refractivity contribution in [3.63, 3.8) is 0 Å². The van der Waals surface area contributed by atoms with Crippen molar-refractivity contribution in [2.45, 2.75) is 38.3 Å². The maximum atomic E-state index is 12.1. The van der Waals surface area contributed by atoms with E-state index in [4.69, 9.17) is 0 Å². The standard InChI is InChI=1S/C16H22N2O3/c1-12(19)18-9-5-8-15(18)16(21)17-11-14(20)10-13-6-3-2-4-7-13/h2-4,6-7,14-15,20H,5,8-11H2,1H3,(H,17,21). The average molecular weight is 290 g/mol. The number of nitrogens with one attached hydrogen (secondary N) is 1. The Balaban J connectivity index is 1.79. The predicted molar refractivity (Wildman–Crippen MR) is 79.6 cm³/mol. The van der Waals surface area contributed by atoms with Gasteiger partial charge in [0.2, 0.25) is 11.8 Å². The summed E-state index contributed by atoms with van der Waals surface area (Å²) < 4.78 is 0. The number of likely N-dealkylation sites (tertiary alicyclic amines) is 1. The van der Waals surface area contributed by atoms with Gasteiger partial charge >= 0.3 is 0 Å². The maximum absolute atomic E-state index is 12.1. The summed E-state index contributed by atoms with van der Waals surface area (Å²) >= 11 is 0. The highest BCUT2D eigenvalue weighted by Crippen LogP contribution is 2.17. The van der Waals surface area contributed by atoms with Gasteiger partial charge in [-0.3, -0.25) is 9.59 Å². The third-order valence-electron chi connectivity index (χ3n) is 3.79. The highest BCUT2D eigenvalue weighted by atomic mass is 16.3. The number of carbonyl (C=O) groups excluding carboxylic acids is 2. The molecule has 2 atom stereocenters. The Labute approximate surface area is 125 Å². The Kier molecular flexibility index (Phi) is 5.33. The number of hydrogen-bond donors (Lipinski definition) is 2. The molecular formula is C16H22N2O3. The lowest BCUT2D eigenvalue weighted by atomic mass is 10.1.